The first-order valence-corrected chi connectivity index (χ1v) is 6.29. The van der Waals surface area contributed by atoms with Crippen molar-refractivity contribution in [2.24, 2.45) is 18.9 Å². The van der Waals surface area contributed by atoms with Crippen LogP contribution in [0.5, 0.6) is 0 Å². The predicted molar refractivity (Wildman–Crippen MR) is 64.1 cm³/mol. The molecule has 0 saturated heterocycles. The van der Waals surface area contributed by atoms with Gasteiger partial charge in [-0.05, 0) is 31.2 Å². The Labute approximate surface area is 97.4 Å². The molecule has 1 aliphatic rings. The number of likely N-dealkylation sites (N-methyl/N-ethyl adjacent to an activating group) is 1. The molecule has 1 N–H and O–H groups in total. The van der Waals surface area contributed by atoms with Crippen LogP contribution in [-0.4, -0.2) is 27.6 Å². The lowest BCUT2D eigenvalue weighted by Gasteiger charge is -2.23. The number of aromatic nitrogens is 3. The van der Waals surface area contributed by atoms with Crippen LogP contribution in [0.4, 0.5) is 0 Å². The molecular formula is C12H22N4. The summed E-state index contributed by atoms with van der Waals surface area (Å²) in [4.78, 5) is 0. The van der Waals surface area contributed by atoms with Gasteiger partial charge in [0.1, 0.15) is 0 Å². The van der Waals surface area contributed by atoms with E-state index in [0.29, 0.717) is 6.04 Å². The Morgan fingerprint density at radius 3 is 2.81 bits per heavy atom. The highest BCUT2D eigenvalue weighted by atomic mass is 15.4. The Hall–Kier alpha value is -0.900. The van der Waals surface area contributed by atoms with Crippen molar-refractivity contribution in [3.63, 3.8) is 0 Å². The Balaban J connectivity index is 1.95. The van der Waals surface area contributed by atoms with Gasteiger partial charge in [0.2, 0.25) is 0 Å². The molecule has 0 aliphatic heterocycles. The van der Waals surface area contributed by atoms with Gasteiger partial charge in [-0.3, -0.25) is 4.68 Å². The normalized spacial score (nSPS) is 19.7. The van der Waals surface area contributed by atoms with Gasteiger partial charge in [-0.2, -0.15) is 0 Å². The van der Waals surface area contributed by atoms with Crippen LogP contribution < -0.4 is 5.32 Å². The van der Waals surface area contributed by atoms with Crippen molar-refractivity contribution in [2.45, 2.75) is 39.2 Å². The standard InChI is InChI=1S/C12H22N4/c1-4-13-12(9(2)10-5-6-10)7-11-8-16(3)15-14-11/h8-10,12-13H,4-7H2,1-3H3. The van der Waals surface area contributed by atoms with Gasteiger partial charge in [-0.15, -0.1) is 5.10 Å². The summed E-state index contributed by atoms with van der Waals surface area (Å²) in [6, 6.07) is 0.550. The monoisotopic (exact) mass is 222 g/mol. The molecule has 2 unspecified atom stereocenters. The lowest BCUT2D eigenvalue weighted by atomic mass is 9.93. The van der Waals surface area contributed by atoms with E-state index in [1.165, 1.54) is 12.8 Å². The highest BCUT2D eigenvalue weighted by Crippen LogP contribution is 2.38. The van der Waals surface area contributed by atoms with Crippen molar-refractivity contribution in [2.75, 3.05) is 6.54 Å². The van der Waals surface area contributed by atoms with Crippen LogP contribution in [-0.2, 0) is 13.5 Å². The van der Waals surface area contributed by atoms with Crippen LogP contribution in [0, 0.1) is 11.8 Å². The van der Waals surface area contributed by atoms with Crippen LogP contribution in [0.25, 0.3) is 0 Å². The molecule has 2 atom stereocenters. The van der Waals surface area contributed by atoms with E-state index >= 15 is 0 Å². The summed E-state index contributed by atoms with van der Waals surface area (Å²) >= 11 is 0. The van der Waals surface area contributed by atoms with E-state index in [1.54, 1.807) is 4.68 Å². The molecule has 1 heterocycles. The van der Waals surface area contributed by atoms with Crippen molar-refractivity contribution in [3.8, 4) is 0 Å². The minimum atomic E-state index is 0.550. The first kappa shape index (κ1) is 11.6. The van der Waals surface area contributed by atoms with Gasteiger partial charge in [0.15, 0.2) is 0 Å². The Bertz CT molecular complexity index is 330. The van der Waals surface area contributed by atoms with Gasteiger partial charge in [-0.1, -0.05) is 19.1 Å². The zero-order valence-electron chi connectivity index (χ0n) is 10.5. The number of nitrogens with zero attached hydrogens (tertiary/aromatic N) is 3. The van der Waals surface area contributed by atoms with Crippen LogP contribution in [0.3, 0.4) is 0 Å². The second-order valence-electron chi connectivity index (χ2n) is 4.95. The molecule has 1 aromatic rings. The van der Waals surface area contributed by atoms with Crippen LogP contribution >= 0.6 is 0 Å². The SMILES string of the molecule is CCNC(Cc1cn(C)nn1)C(C)C1CC1. The van der Waals surface area contributed by atoms with Crippen molar-refractivity contribution in [1.29, 1.82) is 0 Å². The molecule has 0 aromatic carbocycles. The van der Waals surface area contributed by atoms with Gasteiger partial charge in [0.25, 0.3) is 0 Å². The van der Waals surface area contributed by atoms with Crippen molar-refractivity contribution in [1.82, 2.24) is 20.3 Å². The number of rotatable bonds is 6. The maximum Gasteiger partial charge on any atom is 0.0842 e. The molecule has 2 rings (SSSR count). The molecule has 1 aliphatic carbocycles. The number of aryl methyl sites for hydroxylation is 1. The highest BCUT2D eigenvalue weighted by molar-refractivity contribution is 4.99. The van der Waals surface area contributed by atoms with Crippen LogP contribution in [0.15, 0.2) is 6.20 Å². The van der Waals surface area contributed by atoms with Gasteiger partial charge in [0.05, 0.1) is 5.69 Å². The molecule has 1 aromatic heterocycles. The fraction of sp³-hybridized carbons (Fsp3) is 0.833. The van der Waals surface area contributed by atoms with Crippen molar-refractivity contribution < 1.29 is 0 Å². The lowest BCUT2D eigenvalue weighted by molar-refractivity contribution is 0.342. The maximum absolute atomic E-state index is 4.17. The zero-order valence-corrected chi connectivity index (χ0v) is 10.5. The lowest BCUT2D eigenvalue weighted by Crippen LogP contribution is -2.37. The molecule has 1 saturated carbocycles. The second-order valence-corrected chi connectivity index (χ2v) is 4.95. The molecule has 4 heteroatoms. The van der Waals surface area contributed by atoms with E-state index in [0.717, 1.165) is 30.5 Å². The molecule has 1 fully saturated rings. The number of nitrogens with one attached hydrogen (secondary N) is 1. The fourth-order valence-electron chi connectivity index (χ4n) is 2.37. The molecule has 0 spiro atoms. The Morgan fingerprint density at radius 2 is 2.31 bits per heavy atom. The third-order valence-electron chi connectivity index (χ3n) is 3.55. The van der Waals surface area contributed by atoms with E-state index in [4.69, 9.17) is 0 Å². The van der Waals surface area contributed by atoms with E-state index in [9.17, 15) is 0 Å². The number of hydrogen-bond donors (Lipinski definition) is 1. The smallest absolute Gasteiger partial charge is 0.0842 e. The summed E-state index contributed by atoms with van der Waals surface area (Å²) in [6.45, 7) is 5.56. The first-order chi connectivity index (χ1) is 7.70. The third-order valence-corrected chi connectivity index (χ3v) is 3.55. The second kappa shape index (κ2) is 4.95. The average Bonchev–Trinajstić information content (AvgIpc) is 3.02. The molecule has 16 heavy (non-hydrogen) atoms. The van der Waals surface area contributed by atoms with Gasteiger partial charge in [0, 0.05) is 25.7 Å². The maximum atomic E-state index is 4.17. The summed E-state index contributed by atoms with van der Waals surface area (Å²) in [5.41, 5.74) is 1.10. The molecular weight excluding hydrogens is 200 g/mol. The number of hydrogen-bond acceptors (Lipinski definition) is 3. The first-order valence-electron chi connectivity index (χ1n) is 6.29. The van der Waals surface area contributed by atoms with Crippen LogP contribution in [0.1, 0.15) is 32.4 Å². The molecule has 0 amide bonds. The largest absolute Gasteiger partial charge is 0.314 e. The molecule has 4 nitrogen and oxygen atoms in total. The Morgan fingerprint density at radius 1 is 1.56 bits per heavy atom. The Kier molecular flexibility index (Phi) is 3.59. The molecule has 0 bridgehead atoms. The summed E-state index contributed by atoms with van der Waals surface area (Å²) in [6.07, 6.45) is 5.83. The summed E-state index contributed by atoms with van der Waals surface area (Å²) < 4.78 is 1.78. The molecule has 0 radical (unpaired) electrons. The summed E-state index contributed by atoms with van der Waals surface area (Å²) in [5.74, 6) is 1.68. The van der Waals surface area contributed by atoms with Crippen molar-refractivity contribution >= 4 is 0 Å². The van der Waals surface area contributed by atoms with Crippen LogP contribution in [0.2, 0.25) is 0 Å². The predicted octanol–water partition coefficient (Wildman–Crippen LogP) is 1.38. The summed E-state index contributed by atoms with van der Waals surface area (Å²) in [5, 5.41) is 11.7. The van der Waals surface area contributed by atoms with Crippen molar-refractivity contribution in [3.05, 3.63) is 11.9 Å². The molecule has 90 valence electrons. The van der Waals surface area contributed by atoms with E-state index < -0.39 is 0 Å². The van der Waals surface area contributed by atoms with Gasteiger partial charge >= 0.3 is 0 Å². The quantitative estimate of drug-likeness (QED) is 0.791. The fourth-order valence-corrected chi connectivity index (χ4v) is 2.37. The third kappa shape index (κ3) is 2.82. The average molecular weight is 222 g/mol. The minimum Gasteiger partial charge on any atom is -0.314 e. The topological polar surface area (TPSA) is 42.7 Å². The van der Waals surface area contributed by atoms with E-state index in [-0.39, 0.29) is 0 Å². The minimum absolute atomic E-state index is 0.550. The van der Waals surface area contributed by atoms with Gasteiger partial charge < -0.3 is 5.32 Å². The highest BCUT2D eigenvalue weighted by Gasteiger charge is 2.33. The zero-order chi connectivity index (χ0) is 11.5. The van der Waals surface area contributed by atoms with Gasteiger partial charge in [-0.25, -0.2) is 0 Å². The van der Waals surface area contributed by atoms with E-state index in [1.807, 2.05) is 13.2 Å². The summed E-state index contributed by atoms with van der Waals surface area (Å²) in [7, 11) is 1.92. The van der Waals surface area contributed by atoms with E-state index in [2.05, 4.69) is 29.5 Å².